The molecule has 0 amide bonds. The number of nitrogens with one attached hydrogen (secondary N) is 2. The zero-order chi connectivity index (χ0) is 21.9. The van der Waals surface area contributed by atoms with Gasteiger partial charge in [-0.15, -0.1) is 0 Å². The van der Waals surface area contributed by atoms with E-state index in [0.29, 0.717) is 28.7 Å². The summed E-state index contributed by atoms with van der Waals surface area (Å²) in [4.78, 5) is 13.7. The molecule has 2 N–H and O–H groups in total. The molecule has 0 atom stereocenters. The van der Waals surface area contributed by atoms with Gasteiger partial charge in [-0.3, -0.25) is 4.57 Å². The Morgan fingerprint density at radius 1 is 0.844 bits per heavy atom. The Morgan fingerprint density at radius 3 is 2.34 bits per heavy atom. The summed E-state index contributed by atoms with van der Waals surface area (Å²) >= 11 is 0. The van der Waals surface area contributed by atoms with E-state index in [9.17, 15) is 4.39 Å². The van der Waals surface area contributed by atoms with E-state index in [1.807, 2.05) is 59.2 Å². The number of hydrogen-bond donors (Lipinski definition) is 2. The second-order valence-corrected chi connectivity index (χ2v) is 6.97. The van der Waals surface area contributed by atoms with E-state index in [1.165, 1.54) is 6.07 Å². The number of para-hydroxylation sites is 2. The zero-order valence-corrected chi connectivity index (χ0v) is 17.2. The largest absolute Gasteiger partial charge is 0.497 e. The number of rotatable bonds is 6. The minimum Gasteiger partial charge on any atom is -0.497 e. The molecule has 32 heavy (non-hydrogen) atoms. The van der Waals surface area contributed by atoms with Crippen molar-refractivity contribution in [2.45, 2.75) is 0 Å². The third-order valence-electron chi connectivity index (χ3n) is 4.88. The van der Waals surface area contributed by atoms with Crippen LogP contribution in [0.15, 0.2) is 85.1 Å². The van der Waals surface area contributed by atoms with Gasteiger partial charge in [-0.25, -0.2) is 14.4 Å². The molecular weight excluding hydrogens is 407 g/mol. The van der Waals surface area contributed by atoms with Gasteiger partial charge in [0.05, 0.1) is 24.7 Å². The smallest absolute Gasteiger partial charge is 0.229 e. The van der Waals surface area contributed by atoms with Gasteiger partial charge in [-0.05, 0) is 48.5 Å². The van der Waals surface area contributed by atoms with Gasteiger partial charge >= 0.3 is 0 Å². The summed E-state index contributed by atoms with van der Waals surface area (Å²) in [6, 6.07) is 23.6. The highest BCUT2D eigenvalue weighted by Gasteiger charge is 2.16. The van der Waals surface area contributed by atoms with Crippen molar-refractivity contribution in [3.63, 3.8) is 0 Å². The second kappa shape index (κ2) is 8.35. The predicted octanol–water partition coefficient (Wildman–Crippen LogP) is 5.45. The lowest BCUT2D eigenvalue weighted by Crippen LogP contribution is -2.04. The van der Waals surface area contributed by atoms with Crippen molar-refractivity contribution in [1.82, 2.24) is 19.5 Å². The summed E-state index contributed by atoms with van der Waals surface area (Å²) in [5.74, 6) is 1.24. The van der Waals surface area contributed by atoms with Gasteiger partial charge < -0.3 is 15.4 Å². The number of methoxy groups -OCH3 is 1. The Hall–Kier alpha value is -4.46. The van der Waals surface area contributed by atoms with Gasteiger partial charge in [0.1, 0.15) is 17.1 Å². The number of hydrogen-bond acceptors (Lipinski definition) is 6. The molecule has 5 aromatic rings. The van der Waals surface area contributed by atoms with Crippen molar-refractivity contribution in [3.8, 4) is 11.4 Å². The monoisotopic (exact) mass is 426 g/mol. The van der Waals surface area contributed by atoms with Crippen LogP contribution in [0.3, 0.4) is 0 Å². The summed E-state index contributed by atoms with van der Waals surface area (Å²) in [5, 5.41) is 6.28. The third-order valence-corrected chi connectivity index (χ3v) is 4.88. The zero-order valence-electron chi connectivity index (χ0n) is 17.2. The fraction of sp³-hybridized carbons (Fsp3) is 0.0417. The fourth-order valence-corrected chi connectivity index (χ4v) is 3.33. The quantitative estimate of drug-likeness (QED) is 0.376. The number of imidazole rings is 1. The van der Waals surface area contributed by atoms with Crippen molar-refractivity contribution < 1.29 is 9.13 Å². The number of fused-ring (bicyclic) bond motifs is 1. The number of ether oxygens (including phenoxy) is 1. The van der Waals surface area contributed by atoms with Crippen LogP contribution in [0.4, 0.5) is 27.7 Å². The molecule has 0 unspecified atom stereocenters. The molecule has 2 aromatic heterocycles. The molecular formula is C24H19FN6O. The molecule has 158 valence electrons. The molecule has 0 aliphatic rings. The van der Waals surface area contributed by atoms with Gasteiger partial charge in [0, 0.05) is 5.69 Å². The van der Waals surface area contributed by atoms with Crippen molar-refractivity contribution in [1.29, 1.82) is 0 Å². The molecule has 0 aliphatic carbocycles. The minimum atomic E-state index is -0.368. The second-order valence-electron chi connectivity index (χ2n) is 6.97. The maximum Gasteiger partial charge on any atom is 0.229 e. The topological polar surface area (TPSA) is 76.9 Å². The van der Waals surface area contributed by atoms with Crippen LogP contribution >= 0.6 is 0 Å². The molecule has 0 radical (unpaired) electrons. The summed E-state index contributed by atoms with van der Waals surface area (Å²) in [7, 11) is 1.62. The SMILES string of the molecule is COc1ccc(Nc2ncc3nc(Nc4ccccc4F)n(-c4ccccc4)c3n2)cc1. The summed E-state index contributed by atoms with van der Waals surface area (Å²) in [5.41, 5.74) is 3.14. The molecule has 0 fully saturated rings. The summed E-state index contributed by atoms with van der Waals surface area (Å²) in [6.07, 6.45) is 1.64. The Morgan fingerprint density at radius 2 is 1.59 bits per heavy atom. The normalized spacial score (nSPS) is 10.8. The van der Waals surface area contributed by atoms with E-state index in [2.05, 4.69) is 25.6 Å². The van der Waals surface area contributed by atoms with Crippen LogP contribution in [-0.2, 0) is 0 Å². The van der Waals surface area contributed by atoms with E-state index >= 15 is 0 Å². The lowest BCUT2D eigenvalue weighted by atomic mass is 10.3. The van der Waals surface area contributed by atoms with Crippen LogP contribution < -0.4 is 15.4 Å². The van der Waals surface area contributed by atoms with E-state index < -0.39 is 0 Å². The van der Waals surface area contributed by atoms with Crippen LogP contribution in [0.5, 0.6) is 5.75 Å². The highest BCUT2D eigenvalue weighted by molar-refractivity contribution is 5.79. The minimum absolute atomic E-state index is 0.324. The average molecular weight is 426 g/mol. The number of anilines is 4. The Kier molecular flexibility index (Phi) is 5.09. The van der Waals surface area contributed by atoms with Crippen LogP contribution in [-0.4, -0.2) is 26.6 Å². The number of halogens is 1. The first-order valence-corrected chi connectivity index (χ1v) is 9.95. The Balaban J connectivity index is 1.58. The summed E-state index contributed by atoms with van der Waals surface area (Å²) in [6.45, 7) is 0. The van der Waals surface area contributed by atoms with Gasteiger partial charge in [0.15, 0.2) is 5.65 Å². The lowest BCUT2D eigenvalue weighted by molar-refractivity contribution is 0.415. The first kappa shape index (κ1) is 19.5. The molecule has 0 aliphatic heterocycles. The fourth-order valence-electron chi connectivity index (χ4n) is 3.33. The molecule has 0 saturated carbocycles. The standard InChI is InChI=1S/C24H19FN6O/c1-32-18-13-11-16(12-14-18)27-23-26-15-21-22(30-23)31(17-7-3-2-4-8-17)24(29-21)28-20-10-6-5-9-19(20)25/h2-15H,1H3,(H,28,29)(H,26,27,30). The molecule has 0 spiro atoms. The van der Waals surface area contributed by atoms with Crippen molar-refractivity contribution in [3.05, 3.63) is 90.9 Å². The van der Waals surface area contributed by atoms with Crippen LogP contribution in [0.25, 0.3) is 16.9 Å². The molecule has 3 aromatic carbocycles. The molecule has 8 heteroatoms. The Bertz CT molecular complexity index is 1370. The van der Waals surface area contributed by atoms with Crippen LogP contribution in [0.1, 0.15) is 0 Å². The van der Waals surface area contributed by atoms with Gasteiger partial charge in [0.2, 0.25) is 11.9 Å². The average Bonchev–Trinajstić information content (AvgIpc) is 3.19. The van der Waals surface area contributed by atoms with E-state index in [0.717, 1.165) is 17.1 Å². The molecule has 0 bridgehead atoms. The van der Waals surface area contributed by atoms with Crippen molar-refractivity contribution in [2.24, 2.45) is 0 Å². The highest BCUT2D eigenvalue weighted by Crippen LogP contribution is 2.28. The number of nitrogens with zero attached hydrogens (tertiary/aromatic N) is 4. The first-order chi connectivity index (χ1) is 15.7. The lowest BCUT2D eigenvalue weighted by Gasteiger charge is -2.11. The molecule has 0 saturated heterocycles. The predicted molar refractivity (Wildman–Crippen MR) is 123 cm³/mol. The molecule has 5 rings (SSSR count). The molecule has 7 nitrogen and oxygen atoms in total. The van der Waals surface area contributed by atoms with Crippen molar-refractivity contribution >= 4 is 34.4 Å². The number of aromatic nitrogens is 4. The highest BCUT2D eigenvalue weighted by atomic mass is 19.1. The van der Waals surface area contributed by atoms with E-state index in [4.69, 9.17) is 4.74 Å². The van der Waals surface area contributed by atoms with Crippen molar-refractivity contribution in [2.75, 3.05) is 17.7 Å². The number of benzene rings is 3. The van der Waals surface area contributed by atoms with Crippen LogP contribution in [0, 0.1) is 5.82 Å². The Labute approximate surface area is 183 Å². The first-order valence-electron chi connectivity index (χ1n) is 9.95. The maximum absolute atomic E-state index is 14.3. The van der Waals surface area contributed by atoms with Gasteiger partial charge in [-0.1, -0.05) is 30.3 Å². The van der Waals surface area contributed by atoms with E-state index in [1.54, 1.807) is 31.5 Å². The summed E-state index contributed by atoms with van der Waals surface area (Å²) < 4.78 is 21.3. The van der Waals surface area contributed by atoms with Gasteiger partial charge in [-0.2, -0.15) is 4.98 Å². The van der Waals surface area contributed by atoms with E-state index in [-0.39, 0.29) is 5.82 Å². The third kappa shape index (κ3) is 3.81. The van der Waals surface area contributed by atoms with Crippen LogP contribution in [0.2, 0.25) is 0 Å². The maximum atomic E-state index is 14.3. The molecule has 2 heterocycles. The van der Waals surface area contributed by atoms with Gasteiger partial charge in [0.25, 0.3) is 0 Å².